The van der Waals surface area contributed by atoms with Gasteiger partial charge in [-0.2, -0.15) is 4.98 Å². The Bertz CT molecular complexity index is 502. The summed E-state index contributed by atoms with van der Waals surface area (Å²) >= 11 is 0. The molecule has 0 radical (unpaired) electrons. The van der Waals surface area contributed by atoms with E-state index in [1.165, 1.54) is 0 Å². The summed E-state index contributed by atoms with van der Waals surface area (Å²) in [5.74, 6) is 1.29. The van der Waals surface area contributed by atoms with Gasteiger partial charge in [0, 0.05) is 11.1 Å². The fourth-order valence-electron chi connectivity index (χ4n) is 1.33. The number of nitrogens with two attached hydrogens (primary N) is 1. The molecule has 18 heavy (non-hydrogen) atoms. The Labute approximate surface area is 112 Å². The van der Waals surface area contributed by atoms with Crippen LogP contribution in [0.15, 0.2) is 22.9 Å². The fraction of sp³-hybridized carbons (Fsp3) is 0.417. The van der Waals surface area contributed by atoms with E-state index >= 15 is 0 Å². The molecule has 0 amide bonds. The van der Waals surface area contributed by atoms with Crippen molar-refractivity contribution in [1.29, 1.82) is 0 Å². The molecule has 0 aliphatic rings. The van der Waals surface area contributed by atoms with Gasteiger partial charge in [-0.25, -0.2) is 0 Å². The quantitative estimate of drug-likeness (QED) is 0.905. The van der Waals surface area contributed by atoms with Gasteiger partial charge in [0.2, 0.25) is 5.89 Å². The zero-order chi connectivity index (χ0) is 12.5. The minimum Gasteiger partial charge on any atom is -0.397 e. The van der Waals surface area contributed by atoms with Gasteiger partial charge in [-0.15, -0.1) is 12.4 Å². The summed E-state index contributed by atoms with van der Waals surface area (Å²) in [6.45, 7) is 6.13. The van der Waals surface area contributed by atoms with Crippen LogP contribution in [-0.2, 0) is 11.8 Å². The number of nitrogen functional groups attached to an aromatic ring is 1. The van der Waals surface area contributed by atoms with Crippen LogP contribution in [0.2, 0.25) is 0 Å². The van der Waals surface area contributed by atoms with Crippen molar-refractivity contribution in [2.75, 3.05) is 5.73 Å². The second kappa shape index (κ2) is 5.35. The van der Waals surface area contributed by atoms with Crippen molar-refractivity contribution in [3.8, 4) is 0 Å². The smallest absolute Gasteiger partial charge is 0.232 e. The van der Waals surface area contributed by atoms with Gasteiger partial charge in [0.05, 0.1) is 18.3 Å². The molecule has 2 aromatic heterocycles. The first-order chi connectivity index (χ1) is 7.95. The summed E-state index contributed by atoms with van der Waals surface area (Å²) in [7, 11) is 0. The highest BCUT2D eigenvalue weighted by atomic mass is 35.5. The van der Waals surface area contributed by atoms with Gasteiger partial charge in [-0.3, -0.25) is 4.98 Å². The summed E-state index contributed by atoms with van der Waals surface area (Å²) in [6, 6.07) is 3.67. The van der Waals surface area contributed by atoms with Crippen LogP contribution in [0.5, 0.6) is 0 Å². The highest BCUT2D eigenvalue weighted by Gasteiger charge is 2.20. The van der Waals surface area contributed by atoms with Crippen molar-refractivity contribution in [2.24, 2.45) is 0 Å². The van der Waals surface area contributed by atoms with E-state index in [1.807, 2.05) is 32.9 Å². The maximum atomic E-state index is 5.57. The lowest BCUT2D eigenvalue weighted by Gasteiger charge is -2.10. The number of nitrogens with zero attached hydrogens (tertiary/aromatic N) is 3. The topological polar surface area (TPSA) is 77.8 Å². The maximum absolute atomic E-state index is 5.57. The highest BCUT2D eigenvalue weighted by molar-refractivity contribution is 5.85. The summed E-state index contributed by atoms with van der Waals surface area (Å²) in [5.41, 5.74) is 6.98. The van der Waals surface area contributed by atoms with Crippen molar-refractivity contribution < 1.29 is 4.52 Å². The summed E-state index contributed by atoms with van der Waals surface area (Å²) in [6.07, 6.45) is 2.15. The van der Waals surface area contributed by atoms with Crippen LogP contribution in [0, 0.1) is 0 Å². The summed E-state index contributed by atoms with van der Waals surface area (Å²) < 4.78 is 5.19. The van der Waals surface area contributed by atoms with E-state index in [2.05, 4.69) is 15.1 Å². The molecule has 2 rings (SSSR count). The van der Waals surface area contributed by atoms with E-state index in [-0.39, 0.29) is 17.8 Å². The molecule has 5 nitrogen and oxygen atoms in total. The number of hydrogen-bond acceptors (Lipinski definition) is 5. The molecular weight excluding hydrogens is 252 g/mol. The van der Waals surface area contributed by atoms with Crippen LogP contribution >= 0.6 is 12.4 Å². The van der Waals surface area contributed by atoms with Crippen LogP contribution in [0.3, 0.4) is 0 Å². The minimum absolute atomic E-state index is 0. The van der Waals surface area contributed by atoms with Crippen molar-refractivity contribution in [3.05, 3.63) is 35.7 Å². The van der Waals surface area contributed by atoms with E-state index in [0.717, 1.165) is 5.69 Å². The molecular formula is C12H17ClN4O. The molecule has 2 heterocycles. The number of pyridine rings is 1. The van der Waals surface area contributed by atoms with E-state index in [9.17, 15) is 0 Å². The molecule has 0 unspecified atom stereocenters. The van der Waals surface area contributed by atoms with Crippen molar-refractivity contribution in [2.45, 2.75) is 32.6 Å². The standard InChI is InChI=1S/C12H16N4O.ClH/c1-12(2,3)11-15-10(17-16-11)6-9-5-4-8(13)7-14-9;/h4-5,7H,6,13H2,1-3H3;1H. The predicted octanol–water partition coefficient (Wildman–Crippen LogP) is 2.36. The highest BCUT2D eigenvalue weighted by Crippen LogP contribution is 2.19. The molecule has 0 atom stereocenters. The van der Waals surface area contributed by atoms with E-state index < -0.39 is 0 Å². The monoisotopic (exact) mass is 268 g/mol. The molecule has 0 spiro atoms. The van der Waals surface area contributed by atoms with E-state index in [1.54, 1.807) is 6.20 Å². The summed E-state index contributed by atoms with van der Waals surface area (Å²) in [4.78, 5) is 8.54. The number of rotatable bonds is 2. The zero-order valence-corrected chi connectivity index (χ0v) is 11.5. The molecule has 2 N–H and O–H groups in total. The molecule has 0 aliphatic carbocycles. The molecule has 0 aromatic carbocycles. The average Bonchev–Trinajstić information content (AvgIpc) is 2.69. The summed E-state index contributed by atoms with van der Waals surface area (Å²) in [5, 5.41) is 3.96. The molecule has 0 bridgehead atoms. The van der Waals surface area contributed by atoms with Crippen molar-refractivity contribution in [3.63, 3.8) is 0 Å². The third-order valence-corrected chi connectivity index (χ3v) is 2.32. The minimum atomic E-state index is -0.101. The SMILES string of the molecule is CC(C)(C)c1noc(Cc2ccc(N)cn2)n1.Cl. The van der Waals surface area contributed by atoms with E-state index in [0.29, 0.717) is 23.8 Å². The fourth-order valence-corrected chi connectivity index (χ4v) is 1.33. The van der Waals surface area contributed by atoms with E-state index in [4.69, 9.17) is 10.3 Å². The van der Waals surface area contributed by atoms with Gasteiger partial charge < -0.3 is 10.3 Å². The first kappa shape index (κ1) is 14.4. The van der Waals surface area contributed by atoms with Gasteiger partial charge >= 0.3 is 0 Å². The third-order valence-electron chi connectivity index (χ3n) is 2.32. The molecule has 0 saturated carbocycles. The molecule has 0 fully saturated rings. The lowest BCUT2D eigenvalue weighted by atomic mass is 9.96. The number of hydrogen-bond donors (Lipinski definition) is 1. The third kappa shape index (κ3) is 3.43. The van der Waals surface area contributed by atoms with Crippen LogP contribution in [0.4, 0.5) is 5.69 Å². The van der Waals surface area contributed by atoms with Crippen molar-refractivity contribution in [1.82, 2.24) is 15.1 Å². The predicted molar refractivity (Wildman–Crippen MR) is 71.7 cm³/mol. The Kier molecular flexibility index (Phi) is 4.29. The van der Waals surface area contributed by atoms with Gasteiger partial charge in [-0.1, -0.05) is 25.9 Å². The average molecular weight is 269 g/mol. The van der Waals surface area contributed by atoms with Crippen LogP contribution in [-0.4, -0.2) is 15.1 Å². The molecule has 98 valence electrons. The first-order valence-corrected chi connectivity index (χ1v) is 5.48. The van der Waals surface area contributed by atoms with Gasteiger partial charge in [-0.05, 0) is 12.1 Å². The van der Waals surface area contributed by atoms with Gasteiger partial charge in [0.1, 0.15) is 0 Å². The number of halogens is 1. The normalized spacial score (nSPS) is 11.1. The Morgan fingerprint density at radius 3 is 2.50 bits per heavy atom. The molecule has 6 heteroatoms. The second-order valence-electron chi connectivity index (χ2n) is 5.02. The second-order valence-corrected chi connectivity index (χ2v) is 5.02. The van der Waals surface area contributed by atoms with Gasteiger partial charge in [0.25, 0.3) is 0 Å². The Morgan fingerprint density at radius 2 is 2.00 bits per heavy atom. The molecule has 0 saturated heterocycles. The zero-order valence-electron chi connectivity index (χ0n) is 10.7. The van der Waals surface area contributed by atoms with Crippen LogP contribution < -0.4 is 5.73 Å². The maximum Gasteiger partial charge on any atom is 0.232 e. The number of aromatic nitrogens is 3. The lowest BCUT2D eigenvalue weighted by Crippen LogP contribution is -2.13. The Hall–Kier alpha value is -1.62. The lowest BCUT2D eigenvalue weighted by molar-refractivity contribution is 0.367. The molecule has 2 aromatic rings. The number of anilines is 1. The molecule has 0 aliphatic heterocycles. The van der Waals surface area contributed by atoms with Crippen LogP contribution in [0.25, 0.3) is 0 Å². The van der Waals surface area contributed by atoms with Crippen LogP contribution in [0.1, 0.15) is 38.2 Å². The first-order valence-electron chi connectivity index (χ1n) is 5.48. The Balaban J connectivity index is 0.00000162. The van der Waals surface area contributed by atoms with Crippen molar-refractivity contribution >= 4 is 18.1 Å². The van der Waals surface area contributed by atoms with Gasteiger partial charge in [0.15, 0.2) is 5.82 Å². The largest absolute Gasteiger partial charge is 0.397 e. The Morgan fingerprint density at radius 1 is 1.28 bits per heavy atom.